The van der Waals surface area contributed by atoms with E-state index in [1.807, 2.05) is 91.0 Å². The van der Waals surface area contributed by atoms with Crippen LogP contribution in [-0.2, 0) is 48.3 Å². The molecule has 0 saturated carbocycles. The van der Waals surface area contributed by atoms with Gasteiger partial charge in [0.25, 0.3) is 0 Å². The van der Waals surface area contributed by atoms with E-state index >= 15 is 0 Å². The Morgan fingerprint density at radius 1 is 0.762 bits per heavy atom. The van der Waals surface area contributed by atoms with Crippen molar-refractivity contribution < 1.29 is 33.3 Å². The summed E-state index contributed by atoms with van der Waals surface area (Å²) in [6.45, 7) is 7.85. The molecule has 1 fully saturated rings. The van der Waals surface area contributed by atoms with Gasteiger partial charge >= 0.3 is 6.09 Å². The topological polar surface area (TPSA) is 83.5 Å². The van der Waals surface area contributed by atoms with E-state index in [2.05, 4.69) is 0 Å². The maximum absolute atomic E-state index is 13.3. The van der Waals surface area contributed by atoms with E-state index in [-0.39, 0.29) is 26.4 Å². The fourth-order valence-corrected chi connectivity index (χ4v) is 4.82. The molecule has 0 radical (unpaired) electrons. The number of imide groups is 1. The second kappa shape index (κ2) is 15.1. The zero-order valence-corrected chi connectivity index (χ0v) is 24.8. The van der Waals surface area contributed by atoms with Crippen molar-refractivity contribution in [3.8, 4) is 0 Å². The van der Waals surface area contributed by atoms with Gasteiger partial charge in [-0.1, -0.05) is 91.0 Å². The second-order valence-electron chi connectivity index (χ2n) is 11.3. The lowest BCUT2D eigenvalue weighted by Crippen LogP contribution is -2.64. The summed E-state index contributed by atoms with van der Waals surface area (Å²) in [5.41, 5.74) is 2.17. The van der Waals surface area contributed by atoms with Gasteiger partial charge in [-0.25, -0.2) is 9.69 Å². The molecular formula is C34H41NO7. The smallest absolute Gasteiger partial charge is 0.417 e. The number of hydrogen-bond donors (Lipinski definition) is 0. The summed E-state index contributed by atoms with van der Waals surface area (Å²) in [5.74, 6) is -0.466. The van der Waals surface area contributed by atoms with Crippen molar-refractivity contribution in [2.24, 2.45) is 0 Å². The van der Waals surface area contributed by atoms with Crippen molar-refractivity contribution in [3.05, 3.63) is 108 Å². The van der Waals surface area contributed by atoms with Crippen LogP contribution in [0.2, 0.25) is 0 Å². The molecule has 0 N–H and O–H groups in total. The molecule has 3 aromatic rings. The molecule has 3 aromatic carbocycles. The molecule has 224 valence electrons. The number of benzene rings is 3. The van der Waals surface area contributed by atoms with Gasteiger partial charge < -0.3 is 23.7 Å². The van der Waals surface area contributed by atoms with E-state index in [1.54, 1.807) is 20.8 Å². The van der Waals surface area contributed by atoms with Crippen LogP contribution in [0.1, 0.15) is 44.4 Å². The van der Waals surface area contributed by atoms with Crippen LogP contribution in [0.5, 0.6) is 0 Å². The van der Waals surface area contributed by atoms with Gasteiger partial charge in [-0.3, -0.25) is 4.79 Å². The number of carbonyl (C=O) groups is 2. The van der Waals surface area contributed by atoms with Crippen LogP contribution in [0.3, 0.4) is 0 Å². The average molecular weight is 576 g/mol. The van der Waals surface area contributed by atoms with E-state index in [4.69, 9.17) is 23.7 Å². The summed E-state index contributed by atoms with van der Waals surface area (Å²) in [6.07, 6.45) is -2.64. The number of carbonyl (C=O) groups excluding carboxylic acids is 2. The second-order valence-corrected chi connectivity index (χ2v) is 11.3. The minimum atomic E-state index is -0.794. The normalized spacial score (nSPS) is 20.6. The summed E-state index contributed by atoms with van der Waals surface area (Å²) in [5, 5.41) is 0. The largest absolute Gasteiger partial charge is 0.443 e. The predicted molar refractivity (Wildman–Crippen MR) is 158 cm³/mol. The summed E-state index contributed by atoms with van der Waals surface area (Å²) >= 11 is 0. The van der Waals surface area contributed by atoms with Crippen LogP contribution in [-0.4, -0.2) is 60.1 Å². The van der Waals surface area contributed by atoms with Gasteiger partial charge in [-0.15, -0.1) is 0 Å². The monoisotopic (exact) mass is 575 g/mol. The molecule has 0 aromatic heterocycles. The minimum Gasteiger partial charge on any atom is -0.443 e. The summed E-state index contributed by atoms with van der Waals surface area (Å²) in [6, 6.07) is 28.6. The van der Waals surface area contributed by atoms with Crippen molar-refractivity contribution in [2.75, 3.05) is 13.2 Å². The van der Waals surface area contributed by atoms with Gasteiger partial charge in [0.2, 0.25) is 5.91 Å². The Labute approximate surface area is 248 Å². The van der Waals surface area contributed by atoms with Gasteiger partial charge in [-0.2, -0.15) is 0 Å². The Kier molecular flexibility index (Phi) is 11.3. The van der Waals surface area contributed by atoms with Gasteiger partial charge in [-0.05, 0) is 37.5 Å². The highest BCUT2D eigenvalue weighted by molar-refractivity contribution is 5.91. The van der Waals surface area contributed by atoms with Crippen molar-refractivity contribution in [3.63, 3.8) is 0 Å². The molecule has 1 aliphatic heterocycles. The first-order chi connectivity index (χ1) is 20.2. The molecule has 1 saturated heterocycles. The van der Waals surface area contributed by atoms with Gasteiger partial charge in [0.1, 0.15) is 23.9 Å². The Bertz CT molecular complexity index is 1250. The Hall–Kier alpha value is -3.56. The van der Waals surface area contributed by atoms with E-state index < -0.39 is 42.0 Å². The van der Waals surface area contributed by atoms with Crippen LogP contribution in [0.4, 0.5) is 4.79 Å². The number of amides is 2. The lowest BCUT2D eigenvalue weighted by atomic mass is 9.96. The zero-order valence-electron chi connectivity index (χ0n) is 24.8. The zero-order chi connectivity index (χ0) is 30.0. The SMILES string of the molecule is CC(=O)N(C(=O)OC(C)(C)C)[C@H]1COC(COCc2ccccc2)[C@H](OCc2ccccc2)[C@@H]1OCc1ccccc1. The molecule has 1 unspecified atom stereocenters. The molecule has 4 rings (SSSR count). The fourth-order valence-electron chi connectivity index (χ4n) is 4.82. The Balaban J connectivity index is 1.62. The van der Waals surface area contributed by atoms with Gasteiger partial charge in [0, 0.05) is 6.92 Å². The Morgan fingerprint density at radius 2 is 1.24 bits per heavy atom. The van der Waals surface area contributed by atoms with Crippen LogP contribution in [0.25, 0.3) is 0 Å². The van der Waals surface area contributed by atoms with Crippen molar-refractivity contribution in [2.45, 2.75) is 77.5 Å². The quantitative estimate of drug-likeness (QED) is 0.280. The maximum Gasteiger partial charge on any atom is 0.417 e. The fraction of sp³-hybridized carbons (Fsp3) is 0.412. The van der Waals surface area contributed by atoms with E-state index in [0.29, 0.717) is 6.61 Å². The predicted octanol–water partition coefficient (Wildman–Crippen LogP) is 5.93. The molecule has 8 heteroatoms. The molecule has 4 atom stereocenters. The molecule has 2 amide bonds. The summed E-state index contributed by atoms with van der Waals surface area (Å²) < 4.78 is 31.0. The molecule has 42 heavy (non-hydrogen) atoms. The lowest BCUT2D eigenvalue weighted by Gasteiger charge is -2.45. The molecule has 0 bridgehead atoms. The first-order valence-electron chi connectivity index (χ1n) is 14.3. The van der Waals surface area contributed by atoms with Crippen LogP contribution in [0, 0.1) is 0 Å². The minimum absolute atomic E-state index is 0.0445. The molecule has 1 heterocycles. The number of ether oxygens (including phenoxy) is 5. The Morgan fingerprint density at radius 3 is 1.71 bits per heavy atom. The highest BCUT2D eigenvalue weighted by Crippen LogP contribution is 2.29. The van der Waals surface area contributed by atoms with Crippen molar-refractivity contribution in [1.29, 1.82) is 0 Å². The van der Waals surface area contributed by atoms with Crippen LogP contribution >= 0.6 is 0 Å². The first kappa shape index (κ1) is 31.4. The van der Waals surface area contributed by atoms with Gasteiger partial charge in [0.05, 0.1) is 39.1 Å². The van der Waals surface area contributed by atoms with Gasteiger partial charge in [0.15, 0.2) is 0 Å². The average Bonchev–Trinajstić information content (AvgIpc) is 2.96. The number of hydrogen-bond acceptors (Lipinski definition) is 7. The highest BCUT2D eigenvalue weighted by Gasteiger charge is 2.48. The summed E-state index contributed by atoms with van der Waals surface area (Å²) in [7, 11) is 0. The highest BCUT2D eigenvalue weighted by atomic mass is 16.6. The maximum atomic E-state index is 13.3. The molecule has 1 aliphatic rings. The third-order valence-corrected chi connectivity index (χ3v) is 6.78. The van der Waals surface area contributed by atoms with E-state index in [9.17, 15) is 9.59 Å². The molecule has 8 nitrogen and oxygen atoms in total. The van der Waals surface area contributed by atoms with Crippen molar-refractivity contribution >= 4 is 12.0 Å². The van der Waals surface area contributed by atoms with Crippen LogP contribution in [0.15, 0.2) is 91.0 Å². The standard InChI is InChI=1S/C34H41NO7/c1-25(36)35(33(37)42-34(2,3)4)29-23-39-30(24-38-20-26-14-8-5-9-15-26)32(41-22-28-18-12-7-13-19-28)31(29)40-21-27-16-10-6-11-17-27/h5-19,29-32H,20-24H2,1-4H3/t29-,30?,31+,32-/m0/s1. The third kappa shape index (κ3) is 9.22. The summed E-state index contributed by atoms with van der Waals surface area (Å²) in [4.78, 5) is 27.4. The molecular weight excluding hydrogens is 534 g/mol. The molecule has 0 spiro atoms. The lowest BCUT2D eigenvalue weighted by molar-refractivity contribution is -0.221. The molecule has 0 aliphatic carbocycles. The third-order valence-electron chi connectivity index (χ3n) is 6.78. The van der Waals surface area contributed by atoms with Crippen LogP contribution < -0.4 is 0 Å². The van der Waals surface area contributed by atoms with E-state index in [1.165, 1.54) is 6.92 Å². The number of nitrogens with zero attached hydrogens (tertiary/aromatic N) is 1. The van der Waals surface area contributed by atoms with E-state index in [0.717, 1.165) is 21.6 Å². The first-order valence-corrected chi connectivity index (χ1v) is 14.3. The number of rotatable bonds is 11. The van der Waals surface area contributed by atoms with Crippen molar-refractivity contribution in [1.82, 2.24) is 4.90 Å².